The summed E-state index contributed by atoms with van der Waals surface area (Å²) in [4.78, 5) is 24.6. The minimum absolute atomic E-state index is 0.0131. The Balaban J connectivity index is 3.41. The standard InChI is InChI=1S/C71H139NO5/c1-3-5-7-9-11-13-15-17-19-21-22-23-24-25-26-27-29-32-35-39-43-47-51-55-59-63-69(74)68(67-73)72-70(75)64-60-56-52-48-44-40-36-33-30-28-31-34-38-42-46-50-54-58-62-66-77-71(76)65-61-57-53-49-45-41-37-20-18-16-14-12-10-8-6-4-2/h59,63,68-69,73-74H,3-58,60-62,64-67H2,1-2H3,(H,72,75)/b63-59+. The zero-order chi connectivity index (χ0) is 55.7. The molecule has 6 nitrogen and oxygen atoms in total. The number of carbonyl (C=O) groups is 2. The smallest absolute Gasteiger partial charge is 0.305 e. The zero-order valence-corrected chi connectivity index (χ0v) is 52.5. The predicted octanol–water partition coefficient (Wildman–Crippen LogP) is 22.8. The van der Waals surface area contributed by atoms with E-state index in [0.717, 1.165) is 38.5 Å². The van der Waals surface area contributed by atoms with E-state index in [1.165, 1.54) is 340 Å². The number of nitrogens with one attached hydrogen (secondary N) is 1. The van der Waals surface area contributed by atoms with E-state index in [2.05, 4.69) is 19.2 Å². The molecule has 0 fully saturated rings. The third kappa shape index (κ3) is 63.6. The van der Waals surface area contributed by atoms with E-state index in [-0.39, 0.29) is 18.5 Å². The van der Waals surface area contributed by atoms with Gasteiger partial charge in [0.05, 0.1) is 25.4 Å². The van der Waals surface area contributed by atoms with Crippen molar-refractivity contribution in [2.45, 2.75) is 418 Å². The van der Waals surface area contributed by atoms with Gasteiger partial charge in [0.1, 0.15) is 0 Å². The molecule has 2 atom stereocenters. The quantitative estimate of drug-likeness (QED) is 0.0320. The van der Waals surface area contributed by atoms with Crippen LogP contribution in [0.15, 0.2) is 12.2 Å². The molecule has 0 saturated heterocycles. The van der Waals surface area contributed by atoms with Crippen LogP contribution in [0.25, 0.3) is 0 Å². The van der Waals surface area contributed by atoms with Gasteiger partial charge in [0, 0.05) is 12.8 Å². The predicted molar refractivity (Wildman–Crippen MR) is 338 cm³/mol. The number of aliphatic hydroxyl groups is 2. The molecule has 6 heteroatoms. The van der Waals surface area contributed by atoms with Gasteiger partial charge in [-0.2, -0.15) is 0 Å². The van der Waals surface area contributed by atoms with Crippen LogP contribution in [0.4, 0.5) is 0 Å². The number of esters is 1. The second-order valence-corrected chi connectivity index (χ2v) is 24.6. The van der Waals surface area contributed by atoms with E-state index in [9.17, 15) is 19.8 Å². The monoisotopic (exact) mass is 1090 g/mol. The molecule has 0 saturated carbocycles. The van der Waals surface area contributed by atoms with Crippen LogP contribution in [-0.4, -0.2) is 47.4 Å². The Morgan fingerprint density at radius 2 is 0.597 bits per heavy atom. The minimum Gasteiger partial charge on any atom is -0.466 e. The maximum atomic E-state index is 12.5. The van der Waals surface area contributed by atoms with Gasteiger partial charge in [-0.3, -0.25) is 9.59 Å². The van der Waals surface area contributed by atoms with Crippen LogP contribution >= 0.6 is 0 Å². The second-order valence-electron chi connectivity index (χ2n) is 24.6. The van der Waals surface area contributed by atoms with Crippen LogP contribution in [-0.2, 0) is 14.3 Å². The Bertz CT molecular complexity index is 1160. The molecular weight excluding hydrogens is 947 g/mol. The summed E-state index contributed by atoms with van der Waals surface area (Å²) in [7, 11) is 0. The lowest BCUT2D eigenvalue weighted by Crippen LogP contribution is -2.45. The SMILES string of the molecule is CCCCCCCCCCCCCCCCCCCCCCCCC/C=C/C(O)C(CO)NC(=O)CCCCCCCCCCCCCCCCCCCCCOC(=O)CCCCCCCCCCCCCCCCCC. The molecule has 0 aliphatic heterocycles. The highest BCUT2D eigenvalue weighted by molar-refractivity contribution is 5.76. The van der Waals surface area contributed by atoms with E-state index < -0.39 is 12.1 Å². The Morgan fingerprint density at radius 1 is 0.351 bits per heavy atom. The van der Waals surface area contributed by atoms with E-state index in [0.29, 0.717) is 19.4 Å². The van der Waals surface area contributed by atoms with Gasteiger partial charge in [0.2, 0.25) is 5.91 Å². The lowest BCUT2D eigenvalue weighted by atomic mass is 10.0. The first-order chi connectivity index (χ1) is 38.0. The molecule has 0 radical (unpaired) electrons. The Morgan fingerprint density at radius 3 is 0.883 bits per heavy atom. The molecule has 458 valence electrons. The van der Waals surface area contributed by atoms with Gasteiger partial charge in [-0.15, -0.1) is 0 Å². The molecule has 77 heavy (non-hydrogen) atoms. The first kappa shape index (κ1) is 75.6. The molecule has 0 spiro atoms. The van der Waals surface area contributed by atoms with Crippen molar-refractivity contribution in [3.05, 3.63) is 12.2 Å². The molecular formula is C71H139NO5. The number of rotatable bonds is 67. The van der Waals surface area contributed by atoms with Crippen LogP contribution in [0.3, 0.4) is 0 Å². The molecule has 0 rings (SSSR count). The number of unbranched alkanes of at least 4 members (excludes halogenated alkanes) is 56. The van der Waals surface area contributed by atoms with Crippen LogP contribution in [0, 0.1) is 0 Å². The largest absolute Gasteiger partial charge is 0.466 e. The lowest BCUT2D eigenvalue weighted by molar-refractivity contribution is -0.143. The average molecular weight is 1090 g/mol. The highest BCUT2D eigenvalue weighted by Gasteiger charge is 2.18. The van der Waals surface area contributed by atoms with Gasteiger partial charge in [0.25, 0.3) is 0 Å². The number of aliphatic hydroxyl groups excluding tert-OH is 2. The van der Waals surface area contributed by atoms with Gasteiger partial charge in [0.15, 0.2) is 0 Å². The van der Waals surface area contributed by atoms with E-state index in [4.69, 9.17) is 4.74 Å². The van der Waals surface area contributed by atoms with Gasteiger partial charge in [-0.25, -0.2) is 0 Å². The Hall–Kier alpha value is -1.40. The molecule has 0 bridgehead atoms. The van der Waals surface area contributed by atoms with Crippen molar-refractivity contribution in [1.82, 2.24) is 5.32 Å². The number of allylic oxidation sites excluding steroid dienone is 1. The van der Waals surface area contributed by atoms with E-state index in [1.54, 1.807) is 6.08 Å². The highest BCUT2D eigenvalue weighted by Crippen LogP contribution is 2.19. The number of ether oxygens (including phenoxy) is 1. The molecule has 0 heterocycles. The number of hydrogen-bond donors (Lipinski definition) is 3. The fourth-order valence-electron chi connectivity index (χ4n) is 11.4. The molecule has 0 aliphatic carbocycles. The fraction of sp³-hybridized carbons (Fsp3) is 0.944. The van der Waals surface area contributed by atoms with Crippen molar-refractivity contribution in [3.8, 4) is 0 Å². The third-order valence-electron chi connectivity index (χ3n) is 16.8. The van der Waals surface area contributed by atoms with E-state index >= 15 is 0 Å². The topological polar surface area (TPSA) is 95.9 Å². The van der Waals surface area contributed by atoms with Gasteiger partial charge in [-0.05, 0) is 32.1 Å². The van der Waals surface area contributed by atoms with Crippen molar-refractivity contribution in [2.75, 3.05) is 13.2 Å². The summed E-state index contributed by atoms with van der Waals surface area (Å²) in [6.07, 6.45) is 82.8. The number of hydrogen-bond acceptors (Lipinski definition) is 5. The molecule has 2 unspecified atom stereocenters. The fourth-order valence-corrected chi connectivity index (χ4v) is 11.4. The van der Waals surface area contributed by atoms with Gasteiger partial charge in [-0.1, -0.05) is 373 Å². The zero-order valence-electron chi connectivity index (χ0n) is 52.5. The molecule has 0 aliphatic rings. The number of amides is 1. The van der Waals surface area contributed by atoms with Gasteiger partial charge < -0.3 is 20.3 Å². The van der Waals surface area contributed by atoms with E-state index in [1.807, 2.05) is 6.08 Å². The first-order valence-electron chi connectivity index (χ1n) is 35.5. The maximum absolute atomic E-state index is 12.5. The van der Waals surface area contributed by atoms with Crippen molar-refractivity contribution < 1.29 is 24.5 Å². The summed E-state index contributed by atoms with van der Waals surface area (Å²) in [6.45, 7) is 4.95. The van der Waals surface area contributed by atoms with Crippen molar-refractivity contribution >= 4 is 11.9 Å². The third-order valence-corrected chi connectivity index (χ3v) is 16.8. The summed E-state index contributed by atoms with van der Waals surface area (Å²) in [5, 5.41) is 23.3. The molecule has 0 aromatic heterocycles. The maximum Gasteiger partial charge on any atom is 0.305 e. The first-order valence-corrected chi connectivity index (χ1v) is 35.5. The van der Waals surface area contributed by atoms with Crippen molar-refractivity contribution in [2.24, 2.45) is 0 Å². The summed E-state index contributed by atoms with van der Waals surface area (Å²) in [5.74, 6) is -0.0524. The normalized spacial score (nSPS) is 12.5. The molecule has 0 aromatic carbocycles. The van der Waals surface area contributed by atoms with Crippen molar-refractivity contribution in [3.63, 3.8) is 0 Å². The van der Waals surface area contributed by atoms with Crippen LogP contribution < -0.4 is 5.32 Å². The summed E-state index contributed by atoms with van der Waals surface area (Å²) in [5.41, 5.74) is 0. The van der Waals surface area contributed by atoms with Gasteiger partial charge >= 0.3 is 5.97 Å². The number of carbonyl (C=O) groups excluding carboxylic acids is 2. The van der Waals surface area contributed by atoms with Crippen LogP contribution in [0.1, 0.15) is 406 Å². The average Bonchev–Trinajstić information content (AvgIpc) is 3.43. The molecule has 3 N–H and O–H groups in total. The Kier molecular flexibility index (Phi) is 65.9. The second kappa shape index (κ2) is 67.1. The minimum atomic E-state index is -0.847. The Labute approximate surface area is 482 Å². The molecule has 1 amide bonds. The van der Waals surface area contributed by atoms with Crippen molar-refractivity contribution in [1.29, 1.82) is 0 Å². The highest BCUT2D eigenvalue weighted by atomic mass is 16.5. The van der Waals surface area contributed by atoms with Crippen LogP contribution in [0.5, 0.6) is 0 Å². The van der Waals surface area contributed by atoms with Crippen LogP contribution in [0.2, 0.25) is 0 Å². The summed E-state index contributed by atoms with van der Waals surface area (Å²) < 4.78 is 5.50. The lowest BCUT2D eigenvalue weighted by Gasteiger charge is -2.20. The summed E-state index contributed by atoms with van der Waals surface area (Å²) >= 11 is 0. The summed E-state index contributed by atoms with van der Waals surface area (Å²) in [6, 6.07) is -0.631. The molecule has 0 aromatic rings.